The minimum atomic E-state index is -0.245. The number of benzene rings is 2. The summed E-state index contributed by atoms with van der Waals surface area (Å²) in [4.78, 5) is 11.8. The molecule has 0 aliphatic heterocycles. The highest BCUT2D eigenvalue weighted by Gasteiger charge is 2.06. The first-order chi connectivity index (χ1) is 11.5. The number of ether oxygens (including phenoxy) is 2. The zero-order valence-electron chi connectivity index (χ0n) is 13.6. The van der Waals surface area contributed by atoms with Crippen LogP contribution in [0.3, 0.4) is 0 Å². The largest absolute Gasteiger partial charge is 0.491 e. The van der Waals surface area contributed by atoms with Gasteiger partial charge in [0.2, 0.25) is 0 Å². The number of carbonyl (C=O) groups excluding carboxylic acids is 1. The summed E-state index contributed by atoms with van der Waals surface area (Å²) in [5.74, 6) is 0.993. The lowest BCUT2D eigenvalue weighted by atomic mass is 10.1. The smallest absolute Gasteiger partial charge is 0.258 e. The van der Waals surface area contributed by atoms with Gasteiger partial charge in [0.15, 0.2) is 6.61 Å². The van der Waals surface area contributed by atoms with Gasteiger partial charge in [0.05, 0.1) is 11.6 Å². The van der Waals surface area contributed by atoms with E-state index in [0.29, 0.717) is 28.9 Å². The van der Waals surface area contributed by atoms with Crippen LogP contribution in [-0.4, -0.2) is 25.7 Å². The second kappa shape index (κ2) is 8.81. The molecule has 0 aromatic heterocycles. The van der Waals surface area contributed by atoms with E-state index in [1.54, 1.807) is 18.2 Å². The lowest BCUT2D eigenvalue weighted by Crippen LogP contribution is -2.32. The molecule has 6 heteroatoms. The molecule has 0 heterocycles. The molecule has 0 bridgehead atoms. The van der Waals surface area contributed by atoms with Gasteiger partial charge in [0.1, 0.15) is 18.1 Å². The Labute approximate surface area is 151 Å². The third-order valence-corrected chi connectivity index (χ3v) is 3.80. The van der Waals surface area contributed by atoms with Gasteiger partial charge in [-0.25, -0.2) is 0 Å². The second-order valence-corrected chi connectivity index (χ2v) is 6.17. The molecule has 0 aliphatic carbocycles. The summed E-state index contributed by atoms with van der Waals surface area (Å²) in [6.45, 7) is 4.68. The van der Waals surface area contributed by atoms with Crippen LogP contribution in [0, 0.1) is 13.8 Å². The highest BCUT2D eigenvalue weighted by Crippen LogP contribution is 2.27. The Balaban J connectivity index is 1.69. The van der Waals surface area contributed by atoms with E-state index < -0.39 is 0 Å². The lowest BCUT2D eigenvalue weighted by Gasteiger charge is -2.11. The summed E-state index contributed by atoms with van der Waals surface area (Å²) in [5, 5.41) is 3.61. The summed E-state index contributed by atoms with van der Waals surface area (Å²) >= 11 is 11.8. The average molecular weight is 368 g/mol. The molecular weight excluding hydrogens is 349 g/mol. The van der Waals surface area contributed by atoms with Crippen LogP contribution in [0.1, 0.15) is 11.1 Å². The van der Waals surface area contributed by atoms with Gasteiger partial charge in [0, 0.05) is 5.02 Å². The van der Waals surface area contributed by atoms with Crippen molar-refractivity contribution in [1.29, 1.82) is 0 Å². The number of aryl methyl sites for hydroxylation is 2. The van der Waals surface area contributed by atoms with Crippen molar-refractivity contribution in [2.75, 3.05) is 19.8 Å². The molecule has 0 saturated carbocycles. The number of hydrogen-bond acceptors (Lipinski definition) is 3. The summed E-state index contributed by atoms with van der Waals surface area (Å²) in [5.41, 5.74) is 2.26. The first kappa shape index (κ1) is 18.4. The fourth-order valence-electron chi connectivity index (χ4n) is 2.10. The van der Waals surface area contributed by atoms with Crippen molar-refractivity contribution in [3.63, 3.8) is 0 Å². The molecule has 0 fully saturated rings. The molecule has 0 aliphatic rings. The zero-order chi connectivity index (χ0) is 17.5. The summed E-state index contributed by atoms with van der Waals surface area (Å²) in [7, 11) is 0. The maximum atomic E-state index is 11.8. The van der Waals surface area contributed by atoms with E-state index in [4.69, 9.17) is 32.7 Å². The van der Waals surface area contributed by atoms with E-state index in [-0.39, 0.29) is 12.5 Å². The van der Waals surface area contributed by atoms with Gasteiger partial charge in [-0.2, -0.15) is 0 Å². The molecule has 2 rings (SSSR count). The van der Waals surface area contributed by atoms with Gasteiger partial charge in [-0.3, -0.25) is 4.79 Å². The van der Waals surface area contributed by atoms with E-state index in [1.165, 1.54) is 5.56 Å². The first-order valence-corrected chi connectivity index (χ1v) is 8.26. The monoisotopic (exact) mass is 367 g/mol. The zero-order valence-corrected chi connectivity index (χ0v) is 15.1. The SMILES string of the molecule is Cc1ccc(OCCNC(=O)COc2ccc(Cl)cc2Cl)c(C)c1. The highest BCUT2D eigenvalue weighted by molar-refractivity contribution is 6.35. The molecule has 4 nitrogen and oxygen atoms in total. The van der Waals surface area contributed by atoms with Crippen LogP contribution in [-0.2, 0) is 4.79 Å². The van der Waals surface area contributed by atoms with Gasteiger partial charge < -0.3 is 14.8 Å². The summed E-state index contributed by atoms with van der Waals surface area (Å²) in [6, 6.07) is 10.8. The van der Waals surface area contributed by atoms with Gasteiger partial charge >= 0.3 is 0 Å². The van der Waals surface area contributed by atoms with Crippen molar-refractivity contribution in [2.45, 2.75) is 13.8 Å². The number of carbonyl (C=O) groups is 1. The Bertz CT molecular complexity index is 719. The van der Waals surface area contributed by atoms with Crippen molar-refractivity contribution < 1.29 is 14.3 Å². The predicted molar refractivity (Wildman–Crippen MR) is 96.4 cm³/mol. The third kappa shape index (κ3) is 5.62. The molecule has 0 atom stereocenters. The van der Waals surface area contributed by atoms with Gasteiger partial charge in [-0.1, -0.05) is 40.9 Å². The molecule has 2 aromatic carbocycles. The van der Waals surface area contributed by atoms with E-state index in [9.17, 15) is 4.79 Å². The normalized spacial score (nSPS) is 10.3. The molecule has 0 radical (unpaired) electrons. The van der Waals surface area contributed by atoms with E-state index >= 15 is 0 Å². The minimum absolute atomic E-state index is 0.120. The lowest BCUT2D eigenvalue weighted by molar-refractivity contribution is -0.123. The number of halogens is 2. The molecule has 1 amide bonds. The van der Waals surface area contributed by atoms with Crippen molar-refractivity contribution in [3.8, 4) is 11.5 Å². The van der Waals surface area contributed by atoms with Crippen LogP contribution in [0.2, 0.25) is 10.0 Å². The molecular formula is C18H19Cl2NO3. The van der Waals surface area contributed by atoms with Crippen molar-refractivity contribution >= 4 is 29.1 Å². The Morgan fingerprint density at radius 1 is 1.04 bits per heavy atom. The summed E-state index contributed by atoms with van der Waals surface area (Å²) < 4.78 is 11.0. The third-order valence-electron chi connectivity index (χ3n) is 3.26. The molecule has 0 saturated heterocycles. The van der Waals surface area contributed by atoms with Crippen LogP contribution in [0.5, 0.6) is 11.5 Å². The quantitative estimate of drug-likeness (QED) is 0.746. The molecule has 2 aromatic rings. The Morgan fingerprint density at radius 2 is 1.79 bits per heavy atom. The molecule has 0 unspecified atom stereocenters. The number of nitrogens with one attached hydrogen (secondary N) is 1. The molecule has 128 valence electrons. The van der Waals surface area contributed by atoms with Crippen molar-refractivity contribution in [3.05, 3.63) is 57.6 Å². The Hall–Kier alpha value is -1.91. The number of rotatable bonds is 7. The van der Waals surface area contributed by atoms with Gasteiger partial charge in [-0.05, 0) is 43.7 Å². The van der Waals surface area contributed by atoms with E-state index in [1.807, 2.05) is 26.0 Å². The number of amides is 1. The van der Waals surface area contributed by atoms with Gasteiger partial charge in [0.25, 0.3) is 5.91 Å². The standard InChI is InChI=1S/C18H19Cl2NO3/c1-12-3-5-16(13(2)9-12)23-8-7-21-18(22)11-24-17-6-4-14(19)10-15(17)20/h3-6,9-10H,7-8,11H2,1-2H3,(H,21,22). The van der Waals surface area contributed by atoms with Crippen LogP contribution in [0.25, 0.3) is 0 Å². The van der Waals surface area contributed by atoms with Crippen molar-refractivity contribution in [1.82, 2.24) is 5.32 Å². The molecule has 0 spiro atoms. The number of hydrogen-bond donors (Lipinski definition) is 1. The topological polar surface area (TPSA) is 47.6 Å². The van der Waals surface area contributed by atoms with Crippen molar-refractivity contribution in [2.24, 2.45) is 0 Å². The van der Waals surface area contributed by atoms with E-state index in [0.717, 1.165) is 11.3 Å². The highest BCUT2D eigenvalue weighted by atomic mass is 35.5. The van der Waals surface area contributed by atoms with Crippen LogP contribution in [0.15, 0.2) is 36.4 Å². The van der Waals surface area contributed by atoms with Crippen LogP contribution >= 0.6 is 23.2 Å². The fourth-order valence-corrected chi connectivity index (χ4v) is 2.56. The Morgan fingerprint density at radius 3 is 2.50 bits per heavy atom. The molecule has 24 heavy (non-hydrogen) atoms. The minimum Gasteiger partial charge on any atom is -0.491 e. The summed E-state index contributed by atoms with van der Waals surface area (Å²) in [6.07, 6.45) is 0. The average Bonchev–Trinajstić information content (AvgIpc) is 2.52. The Kier molecular flexibility index (Phi) is 6.76. The first-order valence-electron chi connectivity index (χ1n) is 7.50. The fraction of sp³-hybridized carbons (Fsp3) is 0.278. The maximum Gasteiger partial charge on any atom is 0.258 e. The molecule has 1 N–H and O–H groups in total. The van der Waals surface area contributed by atoms with Gasteiger partial charge in [-0.15, -0.1) is 0 Å². The van der Waals surface area contributed by atoms with Crippen LogP contribution < -0.4 is 14.8 Å². The van der Waals surface area contributed by atoms with Crippen LogP contribution in [0.4, 0.5) is 0 Å². The predicted octanol–water partition coefficient (Wildman–Crippen LogP) is 4.18. The maximum absolute atomic E-state index is 11.8. The van der Waals surface area contributed by atoms with E-state index in [2.05, 4.69) is 11.4 Å². The second-order valence-electron chi connectivity index (χ2n) is 5.33.